The lowest BCUT2D eigenvalue weighted by Gasteiger charge is -2.08. The molecule has 0 amide bonds. The van der Waals surface area contributed by atoms with Crippen LogP contribution in [0.1, 0.15) is 28.2 Å². The van der Waals surface area contributed by atoms with Gasteiger partial charge in [0.05, 0.1) is 0 Å². The summed E-state index contributed by atoms with van der Waals surface area (Å²) < 4.78 is 0. The quantitative estimate of drug-likeness (QED) is 0.761. The molecule has 0 saturated carbocycles. The zero-order valence-corrected chi connectivity index (χ0v) is 11.5. The van der Waals surface area contributed by atoms with E-state index in [1.807, 2.05) is 14.1 Å². The van der Waals surface area contributed by atoms with Gasteiger partial charge in [0.15, 0.2) is 0 Å². The Balaban J connectivity index is 2.37. The van der Waals surface area contributed by atoms with Gasteiger partial charge in [-0.1, -0.05) is 0 Å². The van der Waals surface area contributed by atoms with Crippen LogP contribution >= 0.6 is 11.3 Å². The maximum atomic E-state index is 11.7. The van der Waals surface area contributed by atoms with Crippen LogP contribution in [0.15, 0.2) is 6.07 Å². The summed E-state index contributed by atoms with van der Waals surface area (Å²) in [5.74, 6) is 0.364. The Hall–Kier alpha value is -0.670. The molecule has 0 fully saturated rings. The molecule has 0 aliphatic rings. The van der Waals surface area contributed by atoms with E-state index in [1.165, 1.54) is 15.3 Å². The molecule has 0 unspecified atom stereocenters. The van der Waals surface area contributed by atoms with Gasteiger partial charge in [0.2, 0.25) is 0 Å². The molecule has 16 heavy (non-hydrogen) atoms. The van der Waals surface area contributed by atoms with Crippen LogP contribution in [0.25, 0.3) is 0 Å². The SMILES string of the molecule is Cc1cc(CC(=O)CCCN(C)C)c(C)s1. The van der Waals surface area contributed by atoms with Crippen molar-refractivity contribution in [3.05, 3.63) is 21.4 Å². The molecule has 0 aromatic carbocycles. The number of aryl methyl sites for hydroxylation is 2. The lowest BCUT2D eigenvalue weighted by atomic mass is 10.1. The molecule has 0 bridgehead atoms. The van der Waals surface area contributed by atoms with Gasteiger partial charge in [0, 0.05) is 22.6 Å². The van der Waals surface area contributed by atoms with Crippen molar-refractivity contribution in [3.8, 4) is 0 Å². The minimum absolute atomic E-state index is 0.364. The van der Waals surface area contributed by atoms with Gasteiger partial charge in [-0.2, -0.15) is 0 Å². The number of carbonyl (C=O) groups is 1. The van der Waals surface area contributed by atoms with E-state index in [9.17, 15) is 4.79 Å². The van der Waals surface area contributed by atoms with E-state index >= 15 is 0 Å². The number of hydrogen-bond acceptors (Lipinski definition) is 3. The number of thiophene rings is 1. The summed E-state index contributed by atoms with van der Waals surface area (Å²) in [6.45, 7) is 5.19. The molecule has 0 N–H and O–H groups in total. The predicted octanol–water partition coefficient (Wildman–Crippen LogP) is 2.82. The summed E-state index contributed by atoms with van der Waals surface area (Å²) >= 11 is 1.78. The smallest absolute Gasteiger partial charge is 0.137 e. The third kappa shape index (κ3) is 4.45. The molecule has 1 aromatic heterocycles. The molecule has 1 aromatic rings. The van der Waals surface area contributed by atoms with Gasteiger partial charge in [-0.25, -0.2) is 0 Å². The monoisotopic (exact) mass is 239 g/mol. The zero-order chi connectivity index (χ0) is 12.1. The number of ketones is 1. The molecule has 2 nitrogen and oxygen atoms in total. The summed E-state index contributed by atoms with van der Waals surface area (Å²) in [5.41, 5.74) is 1.22. The second-order valence-electron chi connectivity index (χ2n) is 4.56. The Morgan fingerprint density at radius 1 is 1.38 bits per heavy atom. The third-order valence-electron chi connectivity index (χ3n) is 2.59. The Morgan fingerprint density at radius 3 is 2.56 bits per heavy atom. The third-order valence-corrected chi connectivity index (χ3v) is 3.60. The van der Waals surface area contributed by atoms with E-state index in [2.05, 4.69) is 24.8 Å². The average molecular weight is 239 g/mol. The molecule has 1 heterocycles. The standard InChI is InChI=1S/C13H21NOS/c1-10-8-12(11(2)16-10)9-13(15)6-5-7-14(3)4/h8H,5-7,9H2,1-4H3. The van der Waals surface area contributed by atoms with Crippen LogP contribution in [-0.2, 0) is 11.2 Å². The largest absolute Gasteiger partial charge is 0.309 e. The Kier molecular flexibility index (Phi) is 5.16. The van der Waals surface area contributed by atoms with Crippen LogP contribution in [0.5, 0.6) is 0 Å². The average Bonchev–Trinajstić information content (AvgIpc) is 2.44. The predicted molar refractivity (Wildman–Crippen MR) is 70.3 cm³/mol. The number of Topliss-reactive ketones (excluding diaryl/α,β-unsaturated/α-hetero) is 1. The summed E-state index contributed by atoms with van der Waals surface area (Å²) in [5, 5.41) is 0. The van der Waals surface area contributed by atoms with Crippen molar-refractivity contribution in [1.29, 1.82) is 0 Å². The van der Waals surface area contributed by atoms with E-state index in [1.54, 1.807) is 11.3 Å². The topological polar surface area (TPSA) is 20.3 Å². The van der Waals surface area contributed by atoms with Gasteiger partial charge in [-0.3, -0.25) is 4.79 Å². The van der Waals surface area contributed by atoms with E-state index in [0.29, 0.717) is 18.6 Å². The van der Waals surface area contributed by atoms with Crippen LogP contribution in [0.2, 0.25) is 0 Å². The van der Waals surface area contributed by atoms with Crippen molar-refractivity contribution in [2.45, 2.75) is 33.1 Å². The van der Waals surface area contributed by atoms with Gasteiger partial charge in [0.25, 0.3) is 0 Å². The van der Waals surface area contributed by atoms with Crippen molar-refractivity contribution in [3.63, 3.8) is 0 Å². The Morgan fingerprint density at radius 2 is 2.06 bits per heavy atom. The van der Waals surface area contributed by atoms with Gasteiger partial charge in [-0.05, 0) is 52.5 Å². The van der Waals surface area contributed by atoms with E-state index < -0.39 is 0 Å². The molecule has 0 aliphatic carbocycles. The first-order chi connectivity index (χ1) is 7.49. The summed E-state index contributed by atoms with van der Waals surface area (Å²) in [4.78, 5) is 16.4. The summed E-state index contributed by atoms with van der Waals surface area (Å²) in [7, 11) is 4.08. The molecule has 3 heteroatoms. The number of hydrogen-bond donors (Lipinski definition) is 0. The van der Waals surface area contributed by atoms with Crippen LogP contribution in [0.3, 0.4) is 0 Å². The highest BCUT2D eigenvalue weighted by Crippen LogP contribution is 2.21. The van der Waals surface area contributed by atoms with E-state index in [4.69, 9.17) is 0 Å². The molecule has 0 aliphatic heterocycles. The van der Waals surface area contributed by atoms with Crippen LogP contribution in [0, 0.1) is 13.8 Å². The molecule has 90 valence electrons. The molecule has 0 saturated heterocycles. The first-order valence-corrected chi connectivity index (χ1v) is 6.53. The van der Waals surface area contributed by atoms with Crippen molar-refractivity contribution in [2.75, 3.05) is 20.6 Å². The van der Waals surface area contributed by atoms with Gasteiger partial charge in [-0.15, -0.1) is 11.3 Å². The number of nitrogens with zero attached hydrogens (tertiary/aromatic N) is 1. The molecular formula is C13H21NOS. The highest BCUT2D eigenvalue weighted by molar-refractivity contribution is 7.12. The van der Waals surface area contributed by atoms with E-state index in [0.717, 1.165) is 13.0 Å². The van der Waals surface area contributed by atoms with E-state index in [-0.39, 0.29) is 0 Å². The first kappa shape index (κ1) is 13.4. The fourth-order valence-corrected chi connectivity index (χ4v) is 2.70. The van der Waals surface area contributed by atoms with Crippen molar-refractivity contribution < 1.29 is 4.79 Å². The molecule has 1 rings (SSSR count). The van der Waals surface area contributed by atoms with Gasteiger partial charge >= 0.3 is 0 Å². The minimum Gasteiger partial charge on any atom is -0.309 e. The second kappa shape index (κ2) is 6.16. The van der Waals surface area contributed by atoms with Crippen LogP contribution in [0.4, 0.5) is 0 Å². The second-order valence-corrected chi connectivity index (χ2v) is 6.02. The Bertz CT molecular complexity index is 355. The fraction of sp³-hybridized carbons (Fsp3) is 0.615. The van der Waals surface area contributed by atoms with Crippen molar-refractivity contribution in [2.24, 2.45) is 0 Å². The first-order valence-electron chi connectivity index (χ1n) is 5.71. The number of rotatable bonds is 6. The molecule has 0 spiro atoms. The van der Waals surface area contributed by atoms with Crippen LogP contribution < -0.4 is 0 Å². The normalized spacial score (nSPS) is 11.1. The Labute approximate surface area is 102 Å². The summed E-state index contributed by atoms with van der Waals surface area (Å²) in [6.07, 6.45) is 2.28. The molecular weight excluding hydrogens is 218 g/mol. The molecule has 0 atom stereocenters. The van der Waals surface area contributed by atoms with Crippen LogP contribution in [-0.4, -0.2) is 31.3 Å². The highest BCUT2D eigenvalue weighted by atomic mass is 32.1. The van der Waals surface area contributed by atoms with Crippen molar-refractivity contribution in [1.82, 2.24) is 4.90 Å². The van der Waals surface area contributed by atoms with Crippen molar-refractivity contribution >= 4 is 17.1 Å². The summed E-state index contributed by atoms with van der Waals surface area (Å²) in [6, 6.07) is 2.14. The van der Waals surface area contributed by atoms with Gasteiger partial charge in [0.1, 0.15) is 5.78 Å². The number of carbonyl (C=O) groups excluding carboxylic acids is 1. The highest BCUT2D eigenvalue weighted by Gasteiger charge is 2.08. The maximum Gasteiger partial charge on any atom is 0.137 e. The minimum atomic E-state index is 0.364. The fourth-order valence-electron chi connectivity index (χ4n) is 1.75. The maximum absolute atomic E-state index is 11.7. The zero-order valence-electron chi connectivity index (χ0n) is 10.7. The molecule has 0 radical (unpaired) electrons. The lowest BCUT2D eigenvalue weighted by molar-refractivity contribution is -0.118. The lowest BCUT2D eigenvalue weighted by Crippen LogP contribution is -2.14. The van der Waals surface area contributed by atoms with Gasteiger partial charge < -0.3 is 4.90 Å².